The number of hydrogen-bond acceptors (Lipinski definition) is 3. The normalized spacial score (nSPS) is 27.8. The van der Waals surface area contributed by atoms with Gasteiger partial charge < -0.3 is 15.4 Å². The summed E-state index contributed by atoms with van der Waals surface area (Å²) in [4.78, 5) is 15.9. The molecule has 1 aromatic rings. The van der Waals surface area contributed by atoms with E-state index in [0.717, 1.165) is 0 Å². The SMILES string of the molecule is O=C(NCc1ccnc(OCC(F)(F)F)c1)NC12CCC(F)(CC1)CC2. The molecule has 9 heteroatoms. The average Bonchev–Trinajstić information content (AvgIpc) is 2.60. The number of aromatic nitrogens is 1. The largest absolute Gasteiger partial charge is 0.468 e. The van der Waals surface area contributed by atoms with Gasteiger partial charge in [0.15, 0.2) is 6.61 Å². The Balaban J connectivity index is 1.49. The second kappa shape index (κ2) is 6.92. The van der Waals surface area contributed by atoms with Crippen LogP contribution in [0.3, 0.4) is 0 Å². The third-order valence-electron chi connectivity index (χ3n) is 5.17. The maximum Gasteiger partial charge on any atom is 0.422 e. The Kier molecular flexibility index (Phi) is 4.98. The highest BCUT2D eigenvalue weighted by atomic mass is 19.4. The predicted octanol–water partition coefficient (Wildman–Crippen LogP) is 3.64. The first-order chi connectivity index (χ1) is 12.2. The van der Waals surface area contributed by atoms with E-state index in [2.05, 4.69) is 20.4 Å². The number of alkyl halides is 4. The maximum absolute atomic E-state index is 14.2. The molecule has 2 amide bonds. The van der Waals surface area contributed by atoms with Crippen LogP contribution < -0.4 is 15.4 Å². The highest BCUT2D eigenvalue weighted by molar-refractivity contribution is 5.74. The van der Waals surface area contributed by atoms with Crippen molar-refractivity contribution in [3.8, 4) is 5.88 Å². The molecule has 3 aliphatic rings. The zero-order chi connectivity index (χ0) is 18.8. The third-order valence-corrected chi connectivity index (χ3v) is 5.17. The molecular weight excluding hydrogens is 354 g/mol. The first-order valence-electron chi connectivity index (χ1n) is 8.57. The standard InChI is InChI=1S/C17H21F4N3O2/c18-15-2-5-16(6-3-15,7-4-15)24-14(25)23-10-12-1-8-22-13(9-12)26-11-17(19,20)21/h1,8-9H,2-7,10-11H2,(H2,23,24,25). The quantitative estimate of drug-likeness (QED) is 0.773. The fourth-order valence-electron chi connectivity index (χ4n) is 3.59. The number of pyridine rings is 1. The Hall–Kier alpha value is -2.06. The van der Waals surface area contributed by atoms with Crippen molar-refractivity contribution in [1.29, 1.82) is 0 Å². The molecular formula is C17H21F4N3O2. The van der Waals surface area contributed by atoms with Crippen molar-refractivity contribution < 1.29 is 27.1 Å². The van der Waals surface area contributed by atoms with Gasteiger partial charge in [0, 0.05) is 24.3 Å². The second-order valence-corrected chi connectivity index (χ2v) is 7.15. The van der Waals surface area contributed by atoms with Crippen molar-refractivity contribution in [2.75, 3.05) is 6.61 Å². The van der Waals surface area contributed by atoms with E-state index in [1.165, 1.54) is 12.3 Å². The zero-order valence-electron chi connectivity index (χ0n) is 14.2. The lowest BCUT2D eigenvalue weighted by atomic mass is 9.64. The second-order valence-electron chi connectivity index (χ2n) is 7.15. The number of nitrogens with zero attached hydrogens (tertiary/aromatic N) is 1. The van der Waals surface area contributed by atoms with Crippen LogP contribution in [0, 0.1) is 0 Å². The lowest BCUT2D eigenvalue weighted by molar-refractivity contribution is -0.154. The molecule has 0 aliphatic heterocycles. The van der Waals surface area contributed by atoms with Gasteiger partial charge in [-0.3, -0.25) is 0 Å². The Labute approximate surface area is 148 Å². The minimum atomic E-state index is -4.44. The third kappa shape index (κ3) is 4.76. The molecule has 0 atom stereocenters. The van der Waals surface area contributed by atoms with Gasteiger partial charge in [-0.1, -0.05) is 0 Å². The highest BCUT2D eigenvalue weighted by Crippen LogP contribution is 2.48. The van der Waals surface area contributed by atoms with Crippen LogP contribution in [0.2, 0.25) is 0 Å². The molecule has 3 aliphatic carbocycles. The first-order valence-corrected chi connectivity index (χ1v) is 8.57. The Morgan fingerprint density at radius 3 is 2.46 bits per heavy atom. The smallest absolute Gasteiger partial charge is 0.422 e. The van der Waals surface area contributed by atoms with Crippen molar-refractivity contribution in [1.82, 2.24) is 15.6 Å². The highest BCUT2D eigenvalue weighted by Gasteiger charge is 2.49. The first kappa shape index (κ1) is 18.7. The molecule has 2 bridgehead atoms. The number of amides is 2. The number of hydrogen-bond donors (Lipinski definition) is 2. The van der Waals surface area contributed by atoms with Gasteiger partial charge in [-0.15, -0.1) is 0 Å². The van der Waals surface area contributed by atoms with Crippen LogP contribution in [0.5, 0.6) is 5.88 Å². The van der Waals surface area contributed by atoms with Gasteiger partial charge >= 0.3 is 12.2 Å². The molecule has 3 saturated carbocycles. The topological polar surface area (TPSA) is 63.2 Å². The van der Waals surface area contributed by atoms with Crippen molar-refractivity contribution in [3.05, 3.63) is 23.9 Å². The summed E-state index contributed by atoms with van der Waals surface area (Å²) in [6, 6.07) is 2.56. The lowest BCUT2D eigenvalue weighted by Crippen LogP contribution is -2.59. The van der Waals surface area contributed by atoms with E-state index in [-0.39, 0.29) is 24.0 Å². The van der Waals surface area contributed by atoms with Gasteiger partial charge in [-0.2, -0.15) is 13.2 Å². The van der Waals surface area contributed by atoms with Crippen LogP contribution in [0.25, 0.3) is 0 Å². The predicted molar refractivity (Wildman–Crippen MR) is 85.4 cm³/mol. The van der Waals surface area contributed by atoms with Crippen LogP contribution >= 0.6 is 0 Å². The number of ether oxygens (including phenoxy) is 1. The monoisotopic (exact) mass is 375 g/mol. The van der Waals surface area contributed by atoms with Gasteiger partial charge in [-0.25, -0.2) is 14.2 Å². The Morgan fingerprint density at radius 2 is 1.85 bits per heavy atom. The molecule has 0 unspecified atom stereocenters. The number of halogens is 4. The summed E-state index contributed by atoms with van der Waals surface area (Å²) in [6.45, 7) is -1.30. The summed E-state index contributed by atoms with van der Waals surface area (Å²) in [7, 11) is 0. The van der Waals surface area contributed by atoms with Crippen molar-refractivity contribution in [2.24, 2.45) is 0 Å². The number of fused-ring (bicyclic) bond motifs is 3. The molecule has 144 valence electrons. The number of nitrogens with one attached hydrogen (secondary N) is 2. The molecule has 0 radical (unpaired) electrons. The molecule has 1 aromatic heterocycles. The van der Waals surface area contributed by atoms with Crippen molar-refractivity contribution >= 4 is 6.03 Å². The van der Waals surface area contributed by atoms with Gasteiger partial charge in [0.25, 0.3) is 0 Å². The maximum atomic E-state index is 14.2. The molecule has 0 aromatic carbocycles. The van der Waals surface area contributed by atoms with Crippen LogP contribution in [-0.2, 0) is 6.54 Å². The average molecular weight is 375 g/mol. The van der Waals surface area contributed by atoms with E-state index in [0.29, 0.717) is 44.1 Å². The van der Waals surface area contributed by atoms with Gasteiger partial charge in [0.1, 0.15) is 5.67 Å². The summed E-state index contributed by atoms with van der Waals surface area (Å²) in [6.07, 6.45) is 0.173. The van der Waals surface area contributed by atoms with Gasteiger partial charge in [-0.05, 0) is 50.2 Å². The molecule has 3 fully saturated rings. The summed E-state index contributed by atoms with van der Waals surface area (Å²) < 4.78 is 55.3. The van der Waals surface area contributed by atoms with E-state index < -0.39 is 18.5 Å². The minimum absolute atomic E-state index is 0.125. The lowest BCUT2D eigenvalue weighted by Gasteiger charge is -2.49. The molecule has 1 heterocycles. The fourth-order valence-corrected chi connectivity index (χ4v) is 3.59. The Bertz CT molecular complexity index is 641. The molecule has 0 saturated heterocycles. The van der Waals surface area contributed by atoms with Crippen LogP contribution in [-0.4, -0.2) is 35.0 Å². The molecule has 26 heavy (non-hydrogen) atoms. The van der Waals surface area contributed by atoms with E-state index >= 15 is 0 Å². The molecule has 2 N–H and O–H groups in total. The van der Waals surface area contributed by atoms with Crippen LogP contribution in [0.1, 0.15) is 44.1 Å². The van der Waals surface area contributed by atoms with Crippen LogP contribution in [0.15, 0.2) is 18.3 Å². The number of carbonyl (C=O) groups excluding carboxylic acids is 1. The van der Waals surface area contributed by atoms with Crippen molar-refractivity contribution in [3.63, 3.8) is 0 Å². The fraction of sp³-hybridized carbons (Fsp3) is 0.647. The van der Waals surface area contributed by atoms with Gasteiger partial charge in [0.2, 0.25) is 5.88 Å². The summed E-state index contributed by atoms with van der Waals surface area (Å²) in [5, 5.41) is 5.64. The van der Waals surface area contributed by atoms with E-state index in [1.54, 1.807) is 6.07 Å². The van der Waals surface area contributed by atoms with Gasteiger partial charge in [0.05, 0.1) is 0 Å². The molecule has 5 nitrogen and oxygen atoms in total. The van der Waals surface area contributed by atoms with Crippen molar-refractivity contribution in [2.45, 2.75) is 62.5 Å². The van der Waals surface area contributed by atoms with Crippen LogP contribution in [0.4, 0.5) is 22.4 Å². The van der Waals surface area contributed by atoms with E-state index in [4.69, 9.17) is 0 Å². The Morgan fingerprint density at radius 1 is 1.19 bits per heavy atom. The molecule has 4 rings (SSSR count). The van der Waals surface area contributed by atoms with E-state index in [9.17, 15) is 22.4 Å². The van der Waals surface area contributed by atoms with E-state index in [1.807, 2.05) is 0 Å². The summed E-state index contributed by atoms with van der Waals surface area (Å²) >= 11 is 0. The number of rotatable bonds is 5. The zero-order valence-corrected chi connectivity index (χ0v) is 14.2. The number of urea groups is 1. The molecule has 0 spiro atoms. The summed E-state index contributed by atoms with van der Waals surface area (Å²) in [5.41, 5.74) is -0.846. The minimum Gasteiger partial charge on any atom is -0.468 e. The summed E-state index contributed by atoms with van der Waals surface area (Å²) in [5.74, 6) is -0.153. The number of carbonyl (C=O) groups is 1.